The highest BCUT2D eigenvalue weighted by molar-refractivity contribution is 5.74. The SMILES string of the molecule is O=C(NC1CC1)NC1CCCCNC1. The number of nitrogens with one attached hydrogen (secondary N) is 3. The topological polar surface area (TPSA) is 53.2 Å². The summed E-state index contributed by atoms with van der Waals surface area (Å²) in [6.07, 6.45) is 5.83. The molecular formula is C10H19N3O. The third kappa shape index (κ3) is 3.18. The Labute approximate surface area is 84.8 Å². The van der Waals surface area contributed by atoms with Gasteiger partial charge in [0, 0.05) is 18.6 Å². The summed E-state index contributed by atoms with van der Waals surface area (Å²) in [4.78, 5) is 11.4. The van der Waals surface area contributed by atoms with Crippen LogP contribution in [-0.2, 0) is 0 Å². The average molecular weight is 197 g/mol. The van der Waals surface area contributed by atoms with Crippen LogP contribution in [0.4, 0.5) is 4.79 Å². The van der Waals surface area contributed by atoms with E-state index in [1.54, 1.807) is 0 Å². The van der Waals surface area contributed by atoms with Gasteiger partial charge in [-0.25, -0.2) is 4.79 Å². The van der Waals surface area contributed by atoms with Crippen LogP contribution in [0.2, 0.25) is 0 Å². The van der Waals surface area contributed by atoms with Crippen LogP contribution in [-0.4, -0.2) is 31.2 Å². The summed E-state index contributed by atoms with van der Waals surface area (Å²) in [5.41, 5.74) is 0. The van der Waals surface area contributed by atoms with Crippen LogP contribution in [0.3, 0.4) is 0 Å². The average Bonchev–Trinajstić information content (AvgIpc) is 2.93. The summed E-state index contributed by atoms with van der Waals surface area (Å²) in [6, 6.07) is 0.784. The predicted octanol–water partition coefficient (Wildman–Crippen LogP) is 0.590. The third-order valence-electron chi connectivity index (χ3n) is 2.79. The smallest absolute Gasteiger partial charge is 0.315 e. The fourth-order valence-corrected chi connectivity index (χ4v) is 1.78. The maximum absolute atomic E-state index is 11.4. The van der Waals surface area contributed by atoms with E-state index in [4.69, 9.17) is 0 Å². The van der Waals surface area contributed by atoms with Crippen LogP contribution in [0.15, 0.2) is 0 Å². The first-order chi connectivity index (χ1) is 6.84. The van der Waals surface area contributed by atoms with Crippen LogP contribution in [0, 0.1) is 0 Å². The second kappa shape index (κ2) is 4.64. The van der Waals surface area contributed by atoms with E-state index < -0.39 is 0 Å². The van der Waals surface area contributed by atoms with Crippen LogP contribution >= 0.6 is 0 Å². The summed E-state index contributed by atoms with van der Waals surface area (Å²) < 4.78 is 0. The van der Waals surface area contributed by atoms with Crippen molar-refractivity contribution in [2.24, 2.45) is 0 Å². The molecule has 80 valence electrons. The van der Waals surface area contributed by atoms with E-state index >= 15 is 0 Å². The van der Waals surface area contributed by atoms with Gasteiger partial charge < -0.3 is 16.0 Å². The fourth-order valence-electron chi connectivity index (χ4n) is 1.78. The van der Waals surface area contributed by atoms with Gasteiger partial charge in [-0.2, -0.15) is 0 Å². The molecule has 1 aliphatic heterocycles. The molecule has 1 saturated carbocycles. The maximum atomic E-state index is 11.4. The quantitative estimate of drug-likeness (QED) is 0.607. The van der Waals surface area contributed by atoms with Crippen molar-refractivity contribution in [2.45, 2.75) is 44.2 Å². The second-order valence-corrected chi connectivity index (χ2v) is 4.29. The van der Waals surface area contributed by atoms with E-state index in [2.05, 4.69) is 16.0 Å². The second-order valence-electron chi connectivity index (χ2n) is 4.29. The van der Waals surface area contributed by atoms with Crippen LogP contribution in [0.1, 0.15) is 32.1 Å². The number of carbonyl (C=O) groups is 1. The highest BCUT2D eigenvalue weighted by Gasteiger charge is 2.24. The zero-order valence-electron chi connectivity index (χ0n) is 8.51. The first-order valence-electron chi connectivity index (χ1n) is 5.62. The van der Waals surface area contributed by atoms with Crippen molar-refractivity contribution in [3.8, 4) is 0 Å². The lowest BCUT2D eigenvalue weighted by Crippen LogP contribution is -2.46. The van der Waals surface area contributed by atoms with Crippen molar-refractivity contribution in [3.63, 3.8) is 0 Å². The number of urea groups is 1. The fraction of sp³-hybridized carbons (Fsp3) is 0.900. The van der Waals surface area contributed by atoms with Gasteiger partial charge in [-0.1, -0.05) is 6.42 Å². The number of hydrogen-bond donors (Lipinski definition) is 3. The van der Waals surface area contributed by atoms with Gasteiger partial charge in [0.05, 0.1) is 0 Å². The molecule has 4 heteroatoms. The van der Waals surface area contributed by atoms with Crippen molar-refractivity contribution >= 4 is 6.03 Å². The van der Waals surface area contributed by atoms with Gasteiger partial charge in [-0.15, -0.1) is 0 Å². The van der Waals surface area contributed by atoms with E-state index in [-0.39, 0.29) is 6.03 Å². The molecule has 3 N–H and O–H groups in total. The first kappa shape index (κ1) is 9.77. The van der Waals surface area contributed by atoms with Crippen molar-refractivity contribution in [3.05, 3.63) is 0 Å². The lowest BCUT2D eigenvalue weighted by atomic mass is 10.1. The van der Waals surface area contributed by atoms with Crippen molar-refractivity contribution < 1.29 is 4.79 Å². The Balaban J connectivity index is 1.68. The molecular weight excluding hydrogens is 178 g/mol. The Kier molecular flexibility index (Phi) is 3.24. The minimum atomic E-state index is 0.0150. The minimum absolute atomic E-state index is 0.0150. The molecule has 1 unspecified atom stereocenters. The molecule has 4 nitrogen and oxygen atoms in total. The standard InChI is InChI=1S/C10H19N3O/c14-10(12-8-4-5-8)13-9-3-1-2-6-11-7-9/h8-9,11H,1-7H2,(H2,12,13,14). The van der Waals surface area contributed by atoms with E-state index in [1.807, 2.05) is 0 Å². The van der Waals surface area contributed by atoms with Gasteiger partial charge in [-0.3, -0.25) is 0 Å². The van der Waals surface area contributed by atoms with E-state index in [0.717, 1.165) is 32.4 Å². The monoisotopic (exact) mass is 197 g/mol. The van der Waals surface area contributed by atoms with Gasteiger partial charge in [-0.05, 0) is 32.2 Å². The molecule has 2 amide bonds. The summed E-state index contributed by atoms with van der Waals surface area (Å²) in [7, 11) is 0. The molecule has 1 aliphatic carbocycles. The first-order valence-corrected chi connectivity index (χ1v) is 5.62. The molecule has 0 radical (unpaired) electrons. The predicted molar refractivity (Wildman–Crippen MR) is 55.2 cm³/mol. The molecule has 2 fully saturated rings. The highest BCUT2D eigenvalue weighted by atomic mass is 16.2. The van der Waals surface area contributed by atoms with Gasteiger partial charge in [0.1, 0.15) is 0 Å². The Morgan fingerprint density at radius 2 is 1.86 bits per heavy atom. The van der Waals surface area contributed by atoms with E-state index in [1.165, 1.54) is 12.8 Å². The summed E-state index contributed by atoms with van der Waals surface area (Å²) in [5, 5.41) is 9.29. The Morgan fingerprint density at radius 3 is 2.64 bits per heavy atom. The zero-order valence-corrected chi connectivity index (χ0v) is 8.51. The summed E-state index contributed by atoms with van der Waals surface area (Å²) in [5.74, 6) is 0. The number of amides is 2. The molecule has 0 bridgehead atoms. The minimum Gasteiger partial charge on any atom is -0.335 e. The lowest BCUT2D eigenvalue weighted by molar-refractivity contribution is 0.236. The van der Waals surface area contributed by atoms with Crippen LogP contribution in [0.25, 0.3) is 0 Å². The normalized spacial score (nSPS) is 27.9. The lowest BCUT2D eigenvalue weighted by Gasteiger charge is -2.16. The van der Waals surface area contributed by atoms with Crippen LogP contribution in [0.5, 0.6) is 0 Å². The number of carbonyl (C=O) groups excluding carboxylic acids is 1. The molecule has 1 heterocycles. The van der Waals surface area contributed by atoms with Crippen molar-refractivity contribution in [1.29, 1.82) is 0 Å². The van der Waals surface area contributed by atoms with E-state index in [0.29, 0.717) is 12.1 Å². The molecule has 1 saturated heterocycles. The summed E-state index contributed by atoms with van der Waals surface area (Å²) in [6.45, 7) is 2.00. The molecule has 0 aromatic heterocycles. The number of rotatable bonds is 2. The van der Waals surface area contributed by atoms with Gasteiger partial charge in [0.15, 0.2) is 0 Å². The Bertz CT molecular complexity index is 196. The van der Waals surface area contributed by atoms with Gasteiger partial charge in [0.25, 0.3) is 0 Å². The molecule has 0 aromatic rings. The summed E-state index contributed by atoms with van der Waals surface area (Å²) >= 11 is 0. The zero-order chi connectivity index (χ0) is 9.80. The Morgan fingerprint density at radius 1 is 1.07 bits per heavy atom. The van der Waals surface area contributed by atoms with Crippen molar-refractivity contribution in [1.82, 2.24) is 16.0 Å². The largest absolute Gasteiger partial charge is 0.335 e. The molecule has 2 rings (SSSR count). The maximum Gasteiger partial charge on any atom is 0.315 e. The van der Waals surface area contributed by atoms with Crippen LogP contribution < -0.4 is 16.0 Å². The van der Waals surface area contributed by atoms with E-state index in [9.17, 15) is 4.79 Å². The van der Waals surface area contributed by atoms with Crippen molar-refractivity contribution in [2.75, 3.05) is 13.1 Å². The molecule has 1 atom stereocenters. The molecule has 0 spiro atoms. The molecule has 0 aromatic carbocycles. The molecule has 2 aliphatic rings. The third-order valence-corrected chi connectivity index (χ3v) is 2.79. The van der Waals surface area contributed by atoms with Gasteiger partial charge >= 0.3 is 6.03 Å². The Hall–Kier alpha value is -0.770. The number of hydrogen-bond acceptors (Lipinski definition) is 2. The highest BCUT2D eigenvalue weighted by Crippen LogP contribution is 2.18. The van der Waals surface area contributed by atoms with Gasteiger partial charge in [0.2, 0.25) is 0 Å². The molecule has 14 heavy (non-hydrogen) atoms.